The Morgan fingerprint density at radius 2 is 2.19 bits per heavy atom. The summed E-state index contributed by atoms with van der Waals surface area (Å²) in [6.07, 6.45) is 4.02. The predicted molar refractivity (Wildman–Crippen MR) is 119 cm³/mol. The van der Waals surface area contributed by atoms with Crippen molar-refractivity contribution in [2.45, 2.75) is 52.2 Å². The van der Waals surface area contributed by atoms with E-state index in [0.717, 1.165) is 42.5 Å². The van der Waals surface area contributed by atoms with Crippen molar-refractivity contribution < 1.29 is 14.2 Å². The normalized spacial score (nSPS) is 18.3. The van der Waals surface area contributed by atoms with Crippen LogP contribution in [0.15, 0.2) is 29.1 Å². The van der Waals surface area contributed by atoms with Gasteiger partial charge in [-0.2, -0.15) is 4.98 Å². The van der Waals surface area contributed by atoms with Crippen LogP contribution >= 0.6 is 0 Å². The van der Waals surface area contributed by atoms with Gasteiger partial charge in [-0.1, -0.05) is 38.2 Å². The molecule has 2 atom stereocenters. The molecule has 2 aliphatic heterocycles. The van der Waals surface area contributed by atoms with Gasteiger partial charge in [-0.3, -0.25) is 4.57 Å². The third-order valence-corrected chi connectivity index (χ3v) is 5.83. The molecular weight excluding hydrogens is 392 g/mol. The maximum atomic E-state index is 12.6. The first-order valence-electron chi connectivity index (χ1n) is 11.3. The fraction of sp³-hybridized carbons (Fsp3) is 0.520. The van der Waals surface area contributed by atoms with Gasteiger partial charge in [-0.25, -0.2) is 4.79 Å². The number of aryl methyl sites for hydroxylation is 1. The van der Waals surface area contributed by atoms with Crippen LogP contribution in [-0.2, 0) is 22.4 Å². The molecule has 2 aromatic rings. The number of ether oxygens (including phenoxy) is 3. The van der Waals surface area contributed by atoms with E-state index in [1.54, 1.807) is 4.57 Å². The summed E-state index contributed by atoms with van der Waals surface area (Å²) in [5.74, 6) is 7.55. The molecule has 3 heterocycles. The largest absolute Gasteiger partial charge is 0.475 e. The lowest BCUT2D eigenvalue weighted by Gasteiger charge is -2.24. The number of nitrogens with zero attached hydrogens (tertiary/aromatic N) is 2. The van der Waals surface area contributed by atoms with Crippen molar-refractivity contribution in [1.82, 2.24) is 9.55 Å². The van der Waals surface area contributed by atoms with Crippen molar-refractivity contribution in [2.75, 3.05) is 26.4 Å². The van der Waals surface area contributed by atoms with E-state index in [2.05, 4.69) is 42.8 Å². The molecule has 6 nitrogen and oxygen atoms in total. The molecule has 1 fully saturated rings. The maximum Gasteiger partial charge on any atom is 0.351 e. The number of hydrogen-bond acceptors (Lipinski definition) is 5. The molecule has 31 heavy (non-hydrogen) atoms. The molecule has 2 aliphatic rings. The summed E-state index contributed by atoms with van der Waals surface area (Å²) in [7, 11) is 0. The highest BCUT2D eigenvalue weighted by Crippen LogP contribution is 2.30. The molecule has 1 aromatic carbocycles. The minimum Gasteiger partial charge on any atom is -0.475 e. The number of hydrogen-bond donors (Lipinski definition) is 0. The van der Waals surface area contributed by atoms with Crippen molar-refractivity contribution in [3.05, 3.63) is 45.9 Å². The van der Waals surface area contributed by atoms with Crippen LogP contribution in [-0.4, -0.2) is 42.1 Å². The Kier molecular flexibility index (Phi) is 7.06. The van der Waals surface area contributed by atoms with Gasteiger partial charge in [0, 0.05) is 29.7 Å². The van der Waals surface area contributed by atoms with Gasteiger partial charge in [0.25, 0.3) is 0 Å². The molecule has 0 aliphatic carbocycles. The van der Waals surface area contributed by atoms with Crippen molar-refractivity contribution in [1.29, 1.82) is 0 Å². The van der Waals surface area contributed by atoms with E-state index >= 15 is 0 Å². The first kappa shape index (κ1) is 21.6. The Hall–Kier alpha value is -2.62. The van der Waals surface area contributed by atoms with E-state index in [9.17, 15) is 4.79 Å². The van der Waals surface area contributed by atoms with E-state index in [4.69, 9.17) is 14.2 Å². The molecule has 1 saturated heterocycles. The van der Waals surface area contributed by atoms with Crippen LogP contribution in [0.1, 0.15) is 44.2 Å². The Labute approximate surface area is 183 Å². The van der Waals surface area contributed by atoms with Crippen LogP contribution in [0.25, 0.3) is 11.3 Å². The van der Waals surface area contributed by atoms with Gasteiger partial charge < -0.3 is 14.2 Å². The molecule has 164 valence electrons. The monoisotopic (exact) mass is 422 g/mol. The summed E-state index contributed by atoms with van der Waals surface area (Å²) in [5.41, 5.74) is 3.83. The van der Waals surface area contributed by atoms with Gasteiger partial charge in [0.2, 0.25) is 5.88 Å². The predicted octanol–water partition coefficient (Wildman–Crippen LogP) is 3.44. The van der Waals surface area contributed by atoms with Crippen LogP contribution in [0.2, 0.25) is 0 Å². The quantitative estimate of drug-likeness (QED) is 0.668. The zero-order chi connectivity index (χ0) is 21.6. The number of benzene rings is 1. The van der Waals surface area contributed by atoms with Crippen molar-refractivity contribution in [3.63, 3.8) is 0 Å². The smallest absolute Gasteiger partial charge is 0.351 e. The summed E-state index contributed by atoms with van der Waals surface area (Å²) >= 11 is 0. The van der Waals surface area contributed by atoms with Crippen molar-refractivity contribution in [2.24, 2.45) is 5.92 Å². The number of rotatable bonds is 6. The lowest BCUT2D eigenvalue weighted by molar-refractivity contribution is -0.102. The van der Waals surface area contributed by atoms with Gasteiger partial charge in [0.05, 0.1) is 25.5 Å². The summed E-state index contributed by atoms with van der Waals surface area (Å²) in [4.78, 5) is 16.7. The summed E-state index contributed by atoms with van der Waals surface area (Å²) in [6, 6.07) is 8.11. The zero-order valence-electron chi connectivity index (χ0n) is 18.4. The van der Waals surface area contributed by atoms with Crippen molar-refractivity contribution >= 4 is 0 Å². The number of aromatic nitrogens is 2. The number of fused-ring (bicyclic) bond motifs is 3. The second kappa shape index (κ2) is 10.1. The highest BCUT2D eigenvalue weighted by atomic mass is 16.6. The molecule has 0 amide bonds. The summed E-state index contributed by atoms with van der Waals surface area (Å²) in [6.45, 7) is 6.98. The molecule has 0 N–H and O–H groups in total. The Balaban J connectivity index is 1.56. The first-order valence-corrected chi connectivity index (χ1v) is 11.3. The lowest BCUT2D eigenvalue weighted by Crippen LogP contribution is -2.34. The molecule has 6 heteroatoms. The van der Waals surface area contributed by atoms with Gasteiger partial charge >= 0.3 is 5.69 Å². The van der Waals surface area contributed by atoms with Crippen LogP contribution in [0.5, 0.6) is 5.88 Å². The summed E-state index contributed by atoms with van der Waals surface area (Å²) in [5, 5.41) is 0. The molecule has 2 unspecified atom stereocenters. The van der Waals surface area contributed by atoms with Crippen LogP contribution in [0, 0.1) is 17.8 Å². The minimum absolute atomic E-state index is 0.137. The zero-order valence-corrected chi connectivity index (χ0v) is 18.4. The standard InChI is InChI=1S/C25H30N2O4/c1-3-5-18(4-2)6-7-19-8-9-22-20(14-19)10-11-27-23(22)15-24(26-25(27)28)31-17-21-16-29-12-13-30-21/h8-9,14-15,18,21H,3-5,10-13,16-17H2,1-2H3. The average Bonchev–Trinajstić information content (AvgIpc) is 2.80. The fourth-order valence-corrected chi connectivity index (χ4v) is 4.08. The minimum atomic E-state index is -0.284. The van der Waals surface area contributed by atoms with Gasteiger partial charge in [0.15, 0.2) is 0 Å². The van der Waals surface area contributed by atoms with Gasteiger partial charge in [-0.15, -0.1) is 0 Å². The summed E-state index contributed by atoms with van der Waals surface area (Å²) < 4.78 is 18.5. The maximum absolute atomic E-state index is 12.6. The van der Waals surface area contributed by atoms with Crippen LogP contribution < -0.4 is 10.4 Å². The van der Waals surface area contributed by atoms with E-state index in [1.165, 1.54) is 5.56 Å². The van der Waals surface area contributed by atoms with E-state index in [1.807, 2.05) is 12.1 Å². The second-order valence-corrected chi connectivity index (χ2v) is 8.08. The third-order valence-electron chi connectivity index (χ3n) is 5.83. The Bertz CT molecular complexity index is 1030. The third kappa shape index (κ3) is 5.17. The highest BCUT2D eigenvalue weighted by molar-refractivity contribution is 5.67. The highest BCUT2D eigenvalue weighted by Gasteiger charge is 2.21. The second-order valence-electron chi connectivity index (χ2n) is 8.08. The van der Waals surface area contributed by atoms with E-state index in [-0.39, 0.29) is 11.8 Å². The lowest BCUT2D eigenvalue weighted by atomic mass is 9.95. The van der Waals surface area contributed by atoms with E-state index < -0.39 is 0 Å². The topological polar surface area (TPSA) is 62.6 Å². The molecule has 0 bridgehead atoms. The molecule has 0 spiro atoms. The first-order chi connectivity index (χ1) is 15.2. The SMILES string of the molecule is CCCC(C#Cc1ccc2c(c1)CCn1c-2cc(OCC2COCCO2)nc1=O)CC. The Morgan fingerprint density at radius 1 is 1.29 bits per heavy atom. The molecular formula is C25H30N2O4. The molecule has 0 saturated carbocycles. The van der Waals surface area contributed by atoms with Gasteiger partial charge in [0.1, 0.15) is 12.7 Å². The molecule has 0 radical (unpaired) electrons. The molecule has 1 aromatic heterocycles. The Morgan fingerprint density at radius 3 is 2.97 bits per heavy atom. The van der Waals surface area contributed by atoms with Gasteiger partial charge in [-0.05, 0) is 37.0 Å². The average molecular weight is 423 g/mol. The van der Waals surface area contributed by atoms with E-state index in [0.29, 0.717) is 44.8 Å². The van der Waals surface area contributed by atoms with Crippen LogP contribution in [0.3, 0.4) is 0 Å². The van der Waals surface area contributed by atoms with Crippen molar-refractivity contribution in [3.8, 4) is 29.0 Å². The molecule has 4 rings (SSSR count). The van der Waals surface area contributed by atoms with Crippen LogP contribution in [0.4, 0.5) is 0 Å². The fourth-order valence-electron chi connectivity index (χ4n) is 4.08.